The molecule has 0 fully saturated rings. The van der Waals surface area contributed by atoms with Crippen LogP contribution in [0.25, 0.3) is 0 Å². The van der Waals surface area contributed by atoms with Crippen molar-refractivity contribution in [2.24, 2.45) is 0 Å². The number of esters is 1. The topological polar surface area (TPSA) is 128 Å². The van der Waals surface area contributed by atoms with Crippen LogP contribution in [0.4, 0.5) is 0 Å². The van der Waals surface area contributed by atoms with Crippen molar-refractivity contribution in [3.63, 3.8) is 0 Å². The van der Waals surface area contributed by atoms with Gasteiger partial charge >= 0.3 is 5.97 Å². The standard InChI is InChI=1S/C40H79ClO13/c1-2-3-4-5-6-7-8-9-12-15-40(42)54-39-38-53-37-36-52-35-34-51-33-32-50-31-30-49-29-28-48-27-26-47-25-24-46-23-22-45-21-20-44-19-18-43-17-14-11-10-13-16-41/h2-39H2,1H3. The summed E-state index contributed by atoms with van der Waals surface area (Å²) >= 11 is 5.66. The van der Waals surface area contributed by atoms with Crippen LogP contribution in [0.3, 0.4) is 0 Å². The van der Waals surface area contributed by atoms with Crippen molar-refractivity contribution in [3.8, 4) is 0 Å². The van der Waals surface area contributed by atoms with E-state index in [9.17, 15) is 4.79 Å². The Bertz CT molecular complexity index is 696. The Morgan fingerprint density at radius 3 is 0.907 bits per heavy atom. The number of alkyl halides is 1. The van der Waals surface area contributed by atoms with Gasteiger partial charge in [-0.15, -0.1) is 11.6 Å². The van der Waals surface area contributed by atoms with Crippen LogP contribution in [0.1, 0.15) is 96.8 Å². The van der Waals surface area contributed by atoms with E-state index in [2.05, 4.69) is 6.92 Å². The van der Waals surface area contributed by atoms with Gasteiger partial charge in [-0.05, 0) is 19.3 Å². The van der Waals surface area contributed by atoms with Gasteiger partial charge in [-0.3, -0.25) is 4.79 Å². The molecule has 0 heterocycles. The van der Waals surface area contributed by atoms with E-state index in [1.54, 1.807) is 0 Å². The molecule has 0 amide bonds. The average molecular weight is 804 g/mol. The van der Waals surface area contributed by atoms with Crippen molar-refractivity contribution in [2.45, 2.75) is 96.8 Å². The number of halogens is 1. The maximum Gasteiger partial charge on any atom is 0.305 e. The van der Waals surface area contributed by atoms with E-state index in [1.807, 2.05) is 0 Å². The third-order valence-electron chi connectivity index (χ3n) is 7.87. The quantitative estimate of drug-likeness (QED) is 0.0381. The van der Waals surface area contributed by atoms with Gasteiger partial charge in [-0.25, -0.2) is 0 Å². The molecule has 14 heteroatoms. The molecule has 324 valence electrons. The van der Waals surface area contributed by atoms with Gasteiger partial charge in [-0.2, -0.15) is 0 Å². The van der Waals surface area contributed by atoms with Gasteiger partial charge in [0.1, 0.15) is 6.61 Å². The monoisotopic (exact) mass is 803 g/mol. The molecule has 0 aromatic rings. The predicted octanol–water partition coefficient (Wildman–Crippen LogP) is 6.43. The Morgan fingerprint density at radius 2 is 0.574 bits per heavy atom. The summed E-state index contributed by atoms with van der Waals surface area (Å²) in [6, 6.07) is 0. The molecule has 0 saturated heterocycles. The van der Waals surface area contributed by atoms with Crippen molar-refractivity contribution in [2.75, 3.05) is 158 Å². The van der Waals surface area contributed by atoms with Gasteiger partial charge in [0, 0.05) is 18.9 Å². The molecule has 0 spiro atoms. The fraction of sp³-hybridized carbons (Fsp3) is 0.975. The zero-order valence-corrected chi connectivity index (χ0v) is 34.8. The third-order valence-corrected chi connectivity index (χ3v) is 8.13. The average Bonchev–Trinajstić information content (AvgIpc) is 3.18. The Kier molecular flexibility index (Phi) is 49.7. The van der Waals surface area contributed by atoms with Crippen LogP contribution in [0, 0.1) is 0 Å². The fourth-order valence-corrected chi connectivity index (χ4v) is 5.01. The van der Waals surface area contributed by atoms with Crippen LogP contribution in [0.5, 0.6) is 0 Å². The van der Waals surface area contributed by atoms with Gasteiger partial charge in [0.25, 0.3) is 0 Å². The molecule has 0 rings (SSSR count). The number of hydrogen-bond donors (Lipinski definition) is 0. The van der Waals surface area contributed by atoms with Gasteiger partial charge in [0.05, 0.1) is 139 Å². The molecule has 0 aliphatic rings. The molecule has 0 N–H and O–H groups in total. The number of carbonyl (C=O) groups is 1. The second-order valence-electron chi connectivity index (χ2n) is 12.6. The van der Waals surface area contributed by atoms with Gasteiger partial charge in [0.15, 0.2) is 0 Å². The summed E-state index contributed by atoms with van der Waals surface area (Å²) in [4.78, 5) is 11.8. The van der Waals surface area contributed by atoms with Crippen molar-refractivity contribution < 1.29 is 61.6 Å². The highest BCUT2D eigenvalue weighted by Crippen LogP contribution is 2.10. The predicted molar refractivity (Wildman–Crippen MR) is 211 cm³/mol. The maximum atomic E-state index is 11.8. The van der Waals surface area contributed by atoms with E-state index in [4.69, 9.17) is 68.4 Å². The van der Waals surface area contributed by atoms with Gasteiger partial charge in [0.2, 0.25) is 0 Å². The summed E-state index contributed by atoms with van der Waals surface area (Å²) < 4.78 is 65.7. The van der Waals surface area contributed by atoms with Crippen molar-refractivity contribution in [3.05, 3.63) is 0 Å². The number of hydrogen-bond acceptors (Lipinski definition) is 13. The smallest absolute Gasteiger partial charge is 0.305 e. The lowest BCUT2D eigenvalue weighted by Crippen LogP contribution is -2.15. The van der Waals surface area contributed by atoms with E-state index in [0.717, 1.165) is 38.2 Å². The first-order chi connectivity index (χ1) is 26.8. The Labute approximate surface area is 333 Å². The molecule has 0 atom stereocenters. The zero-order valence-electron chi connectivity index (χ0n) is 34.1. The van der Waals surface area contributed by atoms with Crippen LogP contribution >= 0.6 is 11.6 Å². The molecular formula is C40H79ClO13. The highest BCUT2D eigenvalue weighted by Gasteiger charge is 2.03. The van der Waals surface area contributed by atoms with Crippen LogP contribution in [0.15, 0.2) is 0 Å². The van der Waals surface area contributed by atoms with Crippen molar-refractivity contribution in [1.82, 2.24) is 0 Å². The first-order valence-electron chi connectivity index (χ1n) is 20.9. The second-order valence-corrected chi connectivity index (χ2v) is 13.0. The minimum absolute atomic E-state index is 0.136. The van der Waals surface area contributed by atoms with Crippen LogP contribution in [0.2, 0.25) is 0 Å². The molecule has 0 aromatic carbocycles. The Balaban J connectivity index is 3.10. The number of rotatable bonds is 49. The summed E-state index contributed by atoms with van der Waals surface area (Å²) in [5.41, 5.74) is 0. The molecular weight excluding hydrogens is 724 g/mol. The fourth-order valence-electron chi connectivity index (χ4n) is 4.82. The van der Waals surface area contributed by atoms with E-state index >= 15 is 0 Å². The molecule has 0 bridgehead atoms. The number of ether oxygens (including phenoxy) is 12. The molecule has 0 aliphatic carbocycles. The Hall–Kier alpha value is -0.680. The van der Waals surface area contributed by atoms with E-state index in [-0.39, 0.29) is 12.6 Å². The lowest BCUT2D eigenvalue weighted by atomic mass is 10.1. The van der Waals surface area contributed by atoms with Gasteiger partial charge in [-0.1, -0.05) is 71.1 Å². The number of unbranched alkanes of at least 4 members (excludes halogenated alkanes) is 11. The maximum absolute atomic E-state index is 11.8. The summed E-state index contributed by atoms with van der Waals surface area (Å²) in [7, 11) is 0. The van der Waals surface area contributed by atoms with Crippen molar-refractivity contribution >= 4 is 17.6 Å². The second kappa shape index (κ2) is 50.3. The zero-order chi connectivity index (χ0) is 38.9. The molecule has 13 nitrogen and oxygen atoms in total. The van der Waals surface area contributed by atoms with E-state index < -0.39 is 0 Å². The molecule has 0 aliphatic heterocycles. The molecule has 0 aromatic heterocycles. The lowest BCUT2D eigenvalue weighted by Gasteiger charge is -2.09. The molecule has 0 unspecified atom stereocenters. The van der Waals surface area contributed by atoms with Crippen molar-refractivity contribution in [1.29, 1.82) is 0 Å². The minimum Gasteiger partial charge on any atom is -0.463 e. The van der Waals surface area contributed by atoms with E-state index in [1.165, 1.54) is 57.8 Å². The lowest BCUT2D eigenvalue weighted by molar-refractivity contribution is -0.145. The molecule has 54 heavy (non-hydrogen) atoms. The highest BCUT2D eigenvalue weighted by molar-refractivity contribution is 6.17. The van der Waals surface area contributed by atoms with Crippen LogP contribution < -0.4 is 0 Å². The first kappa shape index (κ1) is 53.3. The summed E-state index contributed by atoms with van der Waals surface area (Å²) in [6.07, 6.45) is 16.1. The first-order valence-corrected chi connectivity index (χ1v) is 21.4. The van der Waals surface area contributed by atoms with E-state index in [0.29, 0.717) is 145 Å². The highest BCUT2D eigenvalue weighted by atomic mass is 35.5. The SMILES string of the molecule is CCCCCCCCCCCC(=O)OCCOCCOCCOCCOCCOCCOCCOCCOCCOCCOCCOCCCCCCCl. The summed E-state index contributed by atoms with van der Waals surface area (Å²) in [5.74, 6) is 0.605. The van der Waals surface area contributed by atoms with Crippen LogP contribution in [-0.4, -0.2) is 164 Å². The largest absolute Gasteiger partial charge is 0.463 e. The van der Waals surface area contributed by atoms with Crippen LogP contribution in [-0.2, 0) is 61.6 Å². The molecule has 0 saturated carbocycles. The third kappa shape index (κ3) is 49.3. The summed E-state index contributed by atoms with van der Waals surface area (Å²) in [6.45, 7) is 14.0. The summed E-state index contributed by atoms with van der Waals surface area (Å²) in [5, 5.41) is 0. The normalized spacial score (nSPS) is 11.5. The van der Waals surface area contributed by atoms with Gasteiger partial charge < -0.3 is 56.8 Å². The Morgan fingerprint density at radius 1 is 0.315 bits per heavy atom. The number of carbonyl (C=O) groups excluding carboxylic acids is 1. The minimum atomic E-state index is -0.136. The molecule has 0 radical (unpaired) electrons.